The number of ketones is 3. The van der Waals surface area contributed by atoms with E-state index in [4.69, 9.17) is 11.6 Å². The molecule has 43 heavy (non-hydrogen) atoms. The Kier molecular flexibility index (Phi) is 9.80. The van der Waals surface area contributed by atoms with Gasteiger partial charge in [-0.25, -0.2) is 0 Å². The maximum absolute atomic E-state index is 13.5. The lowest BCUT2D eigenvalue weighted by Gasteiger charge is -2.21. The van der Waals surface area contributed by atoms with Crippen molar-refractivity contribution in [1.82, 2.24) is 4.98 Å². The minimum Gasteiger partial charge on any atom is -0.380 e. The van der Waals surface area contributed by atoms with Crippen molar-refractivity contribution in [2.24, 2.45) is 5.92 Å². The third-order valence-electron chi connectivity index (χ3n) is 8.30. The standard InChI is InChI=1S/C36H35ClN2O4/c1-39(28-16-14-27(37)15-17-28)29-18-20-32(38-23-29)34(41)26-13-19-30(33(40)21-12-24-8-4-2-5-9-24)31(22-26)36(43)35(42)25-10-6-3-7-11-25/h3,6-7,10-11,13-20,22-24,36,43H,2,4-5,8-9,12,21H2,1H3. The van der Waals surface area contributed by atoms with Crippen LogP contribution in [0.1, 0.15) is 93.4 Å². The van der Waals surface area contributed by atoms with E-state index in [0.717, 1.165) is 30.6 Å². The fraction of sp³-hybridized carbons (Fsp3) is 0.278. The van der Waals surface area contributed by atoms with Crippen LogP contribution in [0.3, 0.4) is 0 Å². The summed E-state index contributed by atoms with van der Waals surface area (Å²) in [6, 6.07) is 23.9. The van der Waals surface area contributed by atoms with Gasteiger partial charge in [-0.05, 0) is 60.4 Å². The number of aliphatic hydroxyl groups is 1. The van der Waals surface area contributed by atoms with Gasteiger partial charge in [0.05, 0.1) is 11.9 Å². The topological polar surface area (TPSA) is 87.6 Å². The predicted molar refractivity (Wildman–Crippen MR) is 169 cm³/mol. The molecule has 4 aromatic rings. The highest BCUT2D eigenvalue weighted by molar-refractivity contribution is 6.30. The van der Waals surface area contributed by atoms with Gasteiger partial charge < -0.3 is 10.0 Å². The predicted octanol–water partition coefficient (Wildman–Crippen LogP) is 8.19. The Morgan fingerprint density at radius 3 is 2.26 bits per heavy atom. The van der Waals surface area contributed by atoms with Crippen LogP contribution in [-0.4, -0.2) is 34.5 Å². The first kappa shape index (κ1) is 30.3. The summed E-state index contributed by atoms with van der Waals surface area (Å²) in [5, 5.41) is 11.9. The second-order valence-corrected chi connectivity index (χ2v) is 11.6. The summed E-state index contributed by atoms with van der Waals surface area (Å²) in [6.07, 6.45) is 7.02. The molecular formula is C36H35ClN2O4. The number of anilines is 2. The maximum atomic E-state index is 13.5. The summed E-state index contributed by atoms with van der Waals surface area (Å²) in [7, 11) is 1.89. The third kappa shape index (κ3) is 7.27. The number of aromatic nitrogens is 1. The third-order valence-corrected chi connectivity index (χ3v) is 8.55. The Labute approximate surface area is 257 Å². The van der Waals surface area contributed by atoms with Gasteiger partial charge in [0.15, 0.2) is 11.6 Å². The van der Waals surface area contributed by atoms with Gasteiger partial charge in [-0.1, -0.05) is 86.2 Å². The Balaban J connectivity index is 1.40. The van der Waals surface area contributed by atoms with Crippen LogP contribution in [0.25, 0.3) is 0 Å². The number of pyridine rings is 1. The van der Waals surface area contributed by atoms with E-state index in [1.165, 1.54) is 25.3 Å². The van der Waals surface area contributed by atoms with Crippen molar-refractivity contribution in [2.75, 3.05) is 11.9 Å². The molecular weight excluding hydrogens is 560 g/mol. The number of carbonyl (C=O) groups excluding carboxylic acids is 3. The number of aliphatic hydroxyl groups excluding tert-OH is 1. The van der Waals surface area contributed by atoms with E-state index < -0.39 is 11.9 Å². The molecule has 1 N–H and O–H groups in total. The molecule has 1 heterocycles. The minimum absolute atomic E-state index is 0.132. The lowest BCUT2D eigenvalue weighted by atomic mass is 9.84. The Bertz CT molecular complexity index is 1580. The molecule has 0 bridgehead atoms. The smallest absolute Gasteiger partial charge is 0.211 e. The summed E-state index contributed by atoms with van der Waals surface area (Å²) < 4.78 is 0. The van der Waals surface area contributed by atoms with Crippen molar-refractivity contribution in [3.8, 4) is 0 Å². The zero-order chi connectivity index (χ0) is 30.3. The van der Waals surface area contributed by atoms with Crippen LogP contribution in [0.15, 0.2) is 91.1 Å². The molecule has 0 saturated heterocycles. The molecule has 0 spiro atoms. The zero-order valence-electron chi connectivity index (χ0n) is 24.2. The van der Waals surface area contributed by atoms with E-state index in [0.29, 0.717) is 22.9 Å². The molecule has 1 atom stereocenters. The summed E-state index contributed by atoms with van der Waals surface area (Å²) >= 11 is 6.01. The van der Waals surface area contributed by atoms with Gasteiger partial charge in [-0.3, -0.25) is 19.4 Å². The van der Waals surface area contributed by atoms with E-state index in [1.807, 2.05) is 24.1 Å². The highest BCUT2D eigenvalue weighted by atomic mass is 35.5. The van der Waals surface area contributed by atoms with Crippen LogP contribution in [0.4, 0.5) is 11.4 Å². The molecule has 1 aromatic heterocycles. The van der Waals surface area contributed by atoms with Crippen molar-refractivity contribution in [3.05, 3.63) is 124 Å². The number of benzene rings is 3. The molecule has 1 saturated carbocycles. The quantitative estimate of drug-likeness (QED) is 0.176. The lowest BCUT2D eigenvalue weighted by molar-refractivity contribution is 0.0743. The van der Waals surface area contributed by atoms with Crippen LogP contribution < -0.4 is 4.90 Å². The number of rotatable bonds is 11. The second-order valence-electron chi connectivity index (χ2n) is 11.2. The van der Waals surface area contributed by atoms with E-state index >= 15 is 0 Å². The normalized spacial score (nSPS) is 14.2. The number of carbonyl (C=O) groups is 3. The van der Waals surface area contributed by atoms with Gasteiger partial charge in [0.25, 0.3) is 0 Å². The van der Waals surface area contributed by atoms with E-state index in [9.17, 15) is 19.5 Å². The largest absolute Gasteiger partial charge is 0.380 e. The first-order chi connectivity index (χ1) is 20.8. The number of halogens is 1. The Morgan fingerprint density at radius 1 is 0.884 bits per heavy atom. The Hall–Kier alpha value is -4.13. The van der Waals surface area contributed by atoms with Crippen LogP contribution in [0.5, 0.6) is 0 Å². The average molecular weight is 595 g/mol. The van der Waals surface area contributed by atoms with E-state index in [1.54, 1.807) is 72.9 Å². The van der Waals surface area contributed by atoms with E-state index in [-0.39, 0.29) is 34.0 Å². The van der Waals surface area contributed by atoms with Gasteiger partial charge in [-0.2, -0.15) is 0 Å². The molecule has 0 amide bonds. The minimum atomic E-state index is -1.59. The highest BCUT2D eigenvalue weighted by Gasteiger charge is 2.27. The van der Waals surface area contributed by atoms with Crippen LogP contribution in [0.2, 0.25) is 5.02 Å². The first-order valence-electron chi connectivity index (χ1n) is 14.8. The molecule has 1 aliphatic rings. The fourth-order valence-corrected chi connectivity index (χ4v) is 5.84. The van der Waals surface area contributed by atoms with Crippen LogP contribution in [0, 0.1) is 5.92 Å². The summed E-state index contributed by atoms with van der Waals surface area (Å²) in [5.74, 6) is -0.514. The average Bonchev–Trinajstić information content (AvgIpc) is 3.07. The highest BCUT2D eigenvalue weighted by Crippen LogP contribution is 2.31. The van der Waals surface area contributed by atoms with Gasteiger partial charge in [0.1, 0.15) is 11.8 Å². The summed E-state index contributed by atoms with van der Waals surface area (Å²) in [6.45, 7) is 0. The van der Waals surface area contributed by atoms with Gasteiger partial charge in [-0.15, -0.1) is 0 Å². The SMILES string of the molecule is CN(c1ccc(Cl)cc1)c1ccc(C(=O)c2ccc(C(=O)CCC3CCCCC3)c(C(O)C(=O)c3ccccc3)c2)nc1. The molecule has 1 aliphatic carbocycles. The second kappa shape index (κ2) is 13.9. The number of Topliss-reactive ketones (excluding diaryl/α,β-unsaturated/α-hetero) is 2. The molecule has 3 aromatic carbocycles. The van der Waals surface area contributed by atoms with E-state index in [2.05, 4.69) is 4.98 Å². The molecule has 1 unspecified atom stereocenters. The molecule has 0 radical (unpaired) electrons. The molecule has 6 nitrogen and oxygen atoms in total. The fourth-order valence-electron chi connectivity index (χ4n) is 5.71. The van der Waals surface area contributed by atoms with Gasteiger partial charge in [0.2, 0.25) is 5.78 Å². The number of hydrogen-bond donors (Lipinski definition) is 1. The lowest BCUT2D eigenvalue weighted by Crippen LogP contribution is -2.18. The summed E-state index contributed by atoms with van der Waals surface area (Å²) in [4.78, 5) is 46.5. The first-order valence-corrected chi connectivity index (χ1v) is 15.1. The molecule has 5 rings (SSSR count). The monoisotopic (exact) mass is 594 g/mol. The molecule has 7 heteroatoms. The number of hydrogen-bond acceptors (Lipinski definition) is 6. The van der Waals surface area contributed by atoms with Crippen molar-refractivity contribution in [1.29, 1.82) is 0 Å². The van der Waals surface area contributed by atoms with Crippen molar-refractivity contribution in [3.63, 3.8) is 0 Å². The molecule has 220 valence electrons. The zero-order valence-corrected chi connectivity index (χ0v) is 25.0. The van der Waals surface area contributed by atoms with Crippen molar-refractivity contribution >= 4 is 40.3 Å². The maximum Gasteiger partial charge on any atom is 0.211 e. The molecule has 0 aliphatic heterocycles. The molecule has 1 fully saturated rings. The van der Waals surface area contributed by atoms with Crippen molar-refractivity contribution < 1.29 is 19.5 Å². The van der Waals surface area contributed by atoms with Gasteiger partial charge in [0, 0.05) is 40.9 Å². The summed E-state index contributed by atoms with van der Waals surface area (Å²) in [5.41, 5.74) is 2.89. The van der Waals surface area contributed by atoms with Crippen LogP contribution >= 0.6 is 11.6 Å². The van der Waals surface area contributed by atoms with Crippen molar-refractivity contribution in [2.45, 2.75) is 51.0 Å². The number of nitrogens with zero attached hydrogens (tertiary/aromatic N) is 2. The van der Waals surface area contributed by atoms with Crippen LogP contribution in [-0.2, 0) is 0 Å². The Morgan fingerprint density at radius 2 is 1.58 bits per heavy atom. The van der Waals surface area contributed by atoms with Gasteiger partial charge >= 0.3 is 0 Å².